The van der Waals surface area contributed by atoms with Crippen molar-refractivity contribution in [2.24, 2.45) is 0 Å². The van der Waals surface area contributed by atoms with E-state index in [4.69, 9.17) is 0 Å². The summed E-state index contributed by atoms with van der Waals surface area (Å²) in [5, 5.41) is 2.49. The first-order valence-electron chi connectivity index (χ1n) is 20.5. The fourth-order valence-corrected chi connectivity index (χ4v) is 9.45. The van der Waals surface area contributed by atoms with Crippen LogP contribution in [0.1, 0.15) is 25.0 Å². The third kappa shape index (κ3) is 5.79. The van der Waals surface area contributed by atoms with E-state index in [1.165, 1.54) is 77.4 Å². The second kappa shape index (κ2) is 13.9. The minimum absolute atomic E-state index is 0.0849. The van der Waals surface area contributed by atoms with Gasteiger partial charge in [-0.05, 0) is 105 Å². The molecule has 10 aromatic rings. The zero-order chi connectivity index (χ0) is 39.5. The minimum atomic E-state index is -0.0849. The van der Waals surface area contributed by atoms with E-state index < -0.39 is 0 Å². The Morgan fingerprint density at radius 2 is 0.864 bits per heavy atom. The van der Waals surface area contributed by atoms with Gasteiger partial charge in [-0.3, -0.25) is 0 Å². The summed E-state index contributed by atoms with van der Waals surface area (Å²) in [6.07, 6.45) is 0. The summed E-state index contributed by atoms with van der Waals surface area (Å²) < 4.78 is 2.45. The fourth-order valence-electron chi connectivity index (χ4n) is 9.45. The molecule has 0 atom stereocenters. The molecule has 0 spiro atoms. The van der Waals surface area contributed by atoms with Crippen molar-refractivity contribution in [2.75, 3.05) is 4.90 Å². The second-order valence-electron chi connectivity index (χ2n) is 16.2. The molecule has 0 bridgehead atoms. The van der Waals surface area contributed by atoms with E-state index in [-0.39, 0.29) is 5.41 Å². The van der Waals surface area contributed by atoms with Crippen LogP contribution in [0.5, 0.6) is 0 Å². The highest BCUT2D eigenvalue weighted by Gasteiger charge is 2.35. The van der Waals surface area contributed by atoms with Crippen molar-refractivity contribution in [3.63, 3.8) is 0 Å². The van der Waals surface area contributed by atoms with Gasteiger partial charge in [0.05, 0.1) is 16.7 Å². The number of para-hydroxylation sites is 3. The van der Waals surface area contributed by atoms with Crippen LogP contribution >= 0.6 is 0 Å². The third-order valence-corrected chi connectivity index (χ3v) is 12.4. The van der Waals surface area contributed by atoms with Gasteiger partial charge in [0, 0.05) is 38.8 Å². The molecule has 0 saturated carbocycles. The molecule has 0 aliphatic heterocycles. The maximum atomic E-state index is 2.45. The van der Waals surface area contributed by atoms with Gasteiger partial charge in [-0.25, -0.2) is 0 Å². The first kappa shape index (κ1) is 34.8. The molecular formula is C57H42N2. The molecule has 1 aliphatic rings. The monoisotopic (exact) mass is 754 g/mol. The van der Waals surface area contributed by atoms with Crippen molar-refractivity contribution >= 4 is 38.9 Å². The number of anilines is 3. The lowest BCUT2D eigenvalue weighted by atomic mass is 9.82. The summed E-state index contributed by atoms with van der Waals surface area (Å²) in [4.78, 5) is 2.38. The van der Waals surface area contributed by atoms with Gasteiger partial charge < -0.3 is 9.47 Å². The van der Waals surface area contributed by atoms with Gasteiger partial charge >= 0.3 is 0 Å². The number of rotatable bonds is 7. The zero-order valence-electron chi connectivity index (χ0n) is 33.2. The van der Waals surface area contributed by atoms with Crippen LogP contribution in [0.4, 0.5) is 17.1 Å². The Kier molecular flexibility index (Phi) is 8.20. The summed E-state index contributed by atoms with van der Waals surface area (Å²) >= 11 is 0. The molecule has 1 aliphatic carbocycles. The highest BCUT2D eigenvalue weighted by Crippen LogP contribution is 2.50. The van der Waals surface area contributed by atoms with Crippen molar-refractivity contribution < 1.29 is 0 Å². The van der Waals surface area contributed by atoms with Crippen molar-refractivity contribution in [2.45, 2.75) is 19.3 Å². The van der Waals surface area contributed by atoms with Crippen LogP contribution < -0.4 is 4.90 Å². The normalized spacial score (nSPS) is 12.7. The van der Waals surface area contributed by atoms with Crippen LogP contribution in [0, 0.1) is 0 Å². The van der Waals surface area contributed by atoms with Gasteiger partial charge in [0.15, 0.2) is 0 Å². The Morgan fingerprint density at radius 1 is 0.339 bits per heavy atom. The average Bonchev–Trinajstić information content (AvgIpc) is 3.75. The molecule has 0 saturated heterocycles. The minimum Gasteiger partial charge on any atom is -0.310 e. The molecule has 1 heterocycles. The van der Waals surface area contributed by atoms with Crippen molar-refractivity contribution in [3.8, 4) is 50.2 Å². The van der Waals surface area contributed by atoms with Crippen LogP contribution in [0.25, 0.3) is 72.0 Å². The highest BCUT2D eigenvalue weighted by atomic mass is 15.1. The predicted octanol–water partition coefficient (Wildman–Crippen LogP) is 15.6. The van der Waals surface area contributed by atoms with E-state index in [1.807, 2.05) is 0 Å². The van der Waals surface area contributed by atoms with Gasteiger partial charge in [0.2, 0.25) is 0 Å². The number of nitrogens with zero attached hydrogens (tertiary/aromatic N) is 2. The molecule has 2 heteroatoms. The van der Waals surface area contributed by atoms with E-state index >= 15 is 0 Å². The Labute approximate surface area is 345 Å². The Morgan fingerprint density at radius 3 is 1.64 bits per heavy atom. The van der Waals surface area contributed by atoms with Crippen molar-refractivity contribution in [1.82, 2.24) is 4.57 Å². The molecule has 9 aromatic carbocycles. The topological polar surface area (TPSA) is 8.17 Å². The van der Waals surface area contributed by atoms with Crippen LogP contribution in [0.3, 0.4) is 0 Å². The molecule has 2 nitrogen and oxygen atoms in total. The van der Waals surface area contributed by atoms with Gasteiger partial charge in [0.25, 0.3) is 0 Å². The average molecular weight is 755 g/mol. The Bertz CT molecular complexity index is 3150. The quantitative estimate of drug-likeness (QED) is 0.157. The van der Waals surface area contributed by atoms with Gasteiger partial charge in [-0.15, -0.1) is 0 Å². The van der Waals surface area contributed by atoms with Crippen molar-refractivity contribution in [1.29, 1.82) is 0 Å². The molecule has 0 N–H and O–H groups in total. The SMILES string of the molecule is CC1(C)c2ccccc2-c2ccc(N(c3ccccc3)c3ccc(-c4ccccc4-n4c5ccccc5c5ccc(-c6ccc(-c7ccccc7)cc6)cc54)cc3)cc21. The van der Waals surface area contributed by atoms with E-state index in [9.17, 15) is 0 Å². The molecule has 0 radical (unpaired) electrons. The number of benzene rings is 9. The molecule has 1 aromatic heterocycles. The summed E-state index contributed by atoms with van der Waals surface area (Å²) in [5.74, 6) is 0. The van der Waals surface area contributed by atoms with Gasteiger partial charge in [-0.2, -0.15) is 0 Å². The Balaban J connectivity index is 1.00. The zero-order valence-corrected chi connectivity index (χ0v) is 33.2. The van der Waals surface area contributed by atoms with E-state index in [0.29, 0.717) is 0 Å². The molecule has 11 rings (SSSR count). The number of fused-ring (bicyclic) bond motifs is 6. The largest absolute Gasteiger partial charge is 0.310 e. The van der Waals surface area contributed by atoms with E-state index in [0.717, 1.165) is 22.7 Å². The van der Waals surface area contributed by atoms with Gasteiger partial charge in [-0.1, -0.05) is 178 Å². The predicted molar refractivity (Wildman–Crippen MR) is 249 cm³/mol. The standard InChI is InChI=1S/C57H42N2/c1-57(2)52-22-12-9-20-48(52)49-36-34-46(38-53(49)57)58(44-17-7-4-8-18-44)45-32-29-42(30-33-45)47-19-10-13-23-54(47)59-55-24-14-11-21-50(55)51-35-31-43(37-56(51)59)41-27-25-40(26-28-41)39-15-5-3-6-16-39/h3-38H,1-2H3. The number of hydrogen-bond acceptors (Lipinski definition) is 1. The molecule has 280 valence electrons. The second-order valence-corrected chi connectivity index (χ2v) is 16.2. The third-order valence-electron chi connectivity index (χ3n) is 12.4. The lowest BCUT2D eigenvalue weighted by Crippen LogP contribution is -2.16. The summed E-state index contributed by atoms with van der Waals surface area (Å²) in [6.45, 7) is 4.70. The van der Waals surface area contributed by atoms with Crippen LogP contribution in [0.15, 0.2) is 218 Å². The van der Waals surface area contributed by atoms with Crippen LogP contribution in [0.2, 0.25) is 0 Å². The van der Waals surface area contributed by atoms with E-state index in [2.05, 4.69) is 242 Å². The molecular weight excluding hydrogens is 713 g/mol. The van der Waals surface area contributed by atoms with Crippen LogP contribution in [-0.4, -0.2) is 4.57 Å². The smallest absolute Gasteiger partial charge is 0.0547 e. The van der Waals surface area contributed by atoms with E-state index in [1.54, 1.807) is 0 Å². The summed E-state index contributed by atoms with van der Waals surface area (Å²) in [6, 6.07) is 79.8. The van der Waals surface area contributed by atoms with Gasteiger partial charge in [0.1, 0.15) is 0 Å². The maximum absolute atomic E-state index is 2.45. The summed E-state index contributed by atoms with van der Waals surface area (Å²) in [5.41, 5.74) is 19.5. The molecule has 59 heavy (non-hydrogen) atoms. The Hall–Kier alpha value is -7.42. The summed E-state index contributed by atoms with van der Waals surface area (Å²) in [7, 11) is 0. The highest BCUT2D eigenvalue weighted by molar-refractivity contribution is 6.10. The number of hydrogen-bond donors (Lipinski definition) is 0. The lowest BCUT2D eigenvalue weighted by molar-refractivity contribution is 0.660. The first-order valence-corrected chi connectivity index (χ1v) is 20.5. The van der Waals surface area contributed by atoms with Crippen molar-refractivity contribution in [3.05, 3.63) is 230 Å². The fraction of sp³-hybridized carbons (Fsp3) is 0.0526. The molecule has 0 fully saturated rings. The lowest BCUT2D eigenvalue weighted by Gasteiger charge is -2.28. The number of aromatic nitrogens is 1. The molecule has 0 amide bonds. The van der Waals surface area contributed by atoms with Crippen LogP contribution in [-0.2, 0) is 5.41 Å². The first-order chi connectivity index (χ1) is 29.0. The maximum Gasteiger partial charge on any atom is 0.0547 e. The molecule has 0 unspecified atom stereocenters.